The molecule has 0 aliphatic heterocycles. The second-order valence-corrected chi connectivity index (χ2v) is 5.75. The van der Waals surface area contributed by atoms with Gasteiger partial charge in [0.05, 0.1) is 0 Å². The maximum atomic E-state index is 4.82. The SMILES string of the molecule is CCCc1cc(CNCC)cc(N(C)CC(C)CC)n1. The average molecular weight is 277 g/mol. The Morgan fingerprint density at radius 3 is 2.60 bits per heavy atom. The van der Waals surface area contributed by atoms with Gasteiger partial charge in [-0.2, -0.15) is 0 Å². The smallest absolute Gasteiger partial charge is 0.128 e. The van der Waals surface area contributed by atoms with Gasteiger partial charge in [-0.05, 0) is 36.6 Å². The quantitative estimate of drug-likeness (QED) is 0.747. The summed E-state index contributed by atoms with van der Waals surface area (Å²) in [6, 6.07) is 4.47. The first-order chi connectivity index (χ1) is 9.60. The Labute approximate surface area is 124 Å². The number of aromatic nitrogens is 1. The third-order valence-electron chi connectivity index (χ3n) is 3.68. The lowest BCUT2D eigenvalue weighted by Crippen LogP contribution is -2.25. The number of rotatable bonds is 9. The van der Waals surface area contributed by atoms with Gasteiger partial charge in [0.2, 0.25) is 0 Å². The monoisotopic (exact) mass is 277 g/mol. The number of pyridine rings is 1. The van der Waals surface area contributed by atoms with Gasteiger partial charge >= 0.3 is 0 Å². The van der Waals surface area contributed by atoms with Crippen LogP contribution >= 0.6 is 0 Å². The van der Waals surface area contributed by atoms with Crippen LogP contribution in [0.3, 0.4) is 0 Å². The molecule has 1 unspecified atom stereocenters. The van der Waals surface area contributed by atoms with Gasteiger partial charge in [-0.25, -0.2) is 4.98 Å². The Kier molecular flexibility index (Phi) is 7.60. The van der Waals surface area contributed by atoms with Crippen LogP contribution in [0.2, 0.25) is 0 Å². The van der Waals surface area contributed by atoms with Crippen LogP contribution in [0.1, 0.15) is 51.8 Å². The van der Waals surface area contributed by atoms with Crippen LogP contribution in [0, 0.1) is 5.92 Å². The zero-order valence-electron chi connectivity index (χ0n) is 13.9. The Morgan fingerprint density at radius 2 is 2.00 bits per heavy atom. The Balaban J connectivity index is 2.88. The molecule has 1 aromatic rings. The minimum atomic E-state index is 0.703. The molecular formula is C17H31N3. The van der Waals surface area contributed by atoms with E-state index in [2.05, 4.69) is 57.1 Å². The molecule has 1 heterocycles. The largest absolute Gasteiger partial charge is 0.359 e. The predicted molar refractivity (Wildman–Crippen MR) is 88.3 cm³/mol. The highest BCUT2D eigenvalue weighted by molar-refractivity contribution is 5.42. The highest BCUT2D eigenvalue weighted by Crippen LogP contribution is 2.17. The average Bonchev–Trinajstić information content (AvgIpc) is 2.45. The Morgan fingerprint density at radius 1 is 1.25 bits per heavy atom. The van der Waals surface area contributed by atoms with Crippen LogP contribution in [-0.2, 0) is 13.0 Å². The fourth-order valence-corrected chi connectivity index (χ4v) is 2.27. The van der Waals surface area contributed by atoms with Crippen molar-refractivity contribution in [1.29, 1.82) is 0 Å². The second kappa shape index (κ2) is 8.96. The molecule has 3 nitrogen and oxygen atoms in total. The van der Waals surface area contributed by atoms with E-state index >= 15 is 0 Å². The number of hydrogen-bond acceptors (Lipinski definition) is 3. The van der Waals surface area contributed by atoms with E-state index in [1.54, 1.807) is 0 Å². The number of hydrogen-bond donors (Lipinski definition) is 1. The first-order valence-corrected chi connectivity index (χ1v) is 8.02. The Hall–Kier alpha value is -1.09. The molecule has 0 amide bonds. The fraction of sp³-hybridized carbons (Fsp3) is 0.706. The van der Waals surface area contributed by atoms with Crippen molar-refractivity contribution in [3.63, 3.8) is 0 Å². The summed E-state index contributed by atoms with van der Waals surface area (Å²) in [4.78, 5) is 7.11. The first kappa shape index (κ1) is 17.0. The molecule has 1 rings (SSSR count). The predicted octanol–water partition coefficient (Wildman–Crippen LogP) is 3.63. The maximum absolute atomic E-state index is 4.82. The second-order valence-electron chi connectivity index (χ2n) is 5.75. The zero-order valence-corrected chi connectivity index (χ0v) is 13.9. The normalized spacial score (nSPS) is 12.4. The molecule has 0 bridgehead atoms. The number of nitrogens with zero attached hydrogens (tertiary/aromatic N) is 2. The zero-order chi connectivity index (χ0) is 15.0. The van der Waals surface area contributed by atoms with Crippen LogP contribution in [0.25, 0.3) is 0 Å². The van der Waals surface area contributed by atoms with Crippen LogP contribution in [-0.4, -0.2) is 25.1 Å². The molecule has 0 saturated carbocycles. The van der Waals surface area contributed by atoms with E-state index in [1.165, 1.54) is 17.7 Å². The van der Waals surface area contributed by atoms with Crippen LogP contribution in [0.15, 0.2) is 12.1 Å². The topological polar surface area (TPSA) is 28.2 Å². The van der Waals surface area contributed by atoms with E-state index in [0.29, 0.717) is 5.92 Å². The molecule has 1 aromatic heterocycles. The number of nitrogens with one attached hydrogen (secondary N) is 1. The molecule has 1 atom stereocenters. The maximum Gasteiger partial charge on any atom is 0.128 e. The molecule has 0 aliphatic carbocycles. The summed E-state index contributed by atoms with van der Waals surface area (Å²) in [5.74, 6) is 1.82. The van der Waals surface area contributed by atoms with Crippen molar-refractivity contribution < 1.29 is 0 Å². The van der Waals surface area contributed by atoms with E-state index in [4.69, 9.17) is 4.98 Å². The van der Waals surface area contributed by atoms with Crippen molar-refractivity contribution in [1.82, 2.24) is 10.3 Å². The summed E-state index contributed by atoms with van der Waals surface area (Å²) in [6.07, 6.45) is 3.42. The minimum Gasteiger partial charge on any atom is -0.359 e. The molecule has 0 spiro atoms. The van der Waals surface area contributed by atoms with E-state index in [-0.39, 0.29) is 0 Å². The van der Waals surface area contributed by atoms with Crippen molar-refractivity contribution in [2.24, 2.45) is 5.92 Å². The van der Waals surface area contributed by atoms with Crippen molar-refractivity contribution >= 4 is 5.82 Å². The lowest BCUT2D eigenvalue weighted by molar-refractivity contribution is 0.557. The van der Waals surface area contributed by atoms with Gasteiger partial charge < -0.3 is 10.2 Å². The summed E-state index contributed by atoms with van der Waals surface area (Å²) in [7, 11) is 2.15. The molecule has 0 saturated heterocycles. The molecule has 20 heavy (non-hydrogen) atoms. The molecule has 0 aromatic carbocycles. The van der Waals surface area contributed by atoms with Gasteiger partial charge in [-0.15, -0.1) is 0 Å². The highest BCUT2D eigenvalue weighted by Gasteiger charge is 2.09. The van der Waals surface area contributed by atoms with Crippen LogP contribution < -0.4 is 10.2 Å². The van der Waals surface area contributed by atoms with Crippen molar-refractivity contribution in [3.05, 3.63) is 23.4 Å². The van der Waals surface area contributed by atoms with E-state index < -0.39 is 0 Å². The van der Waals surface area contributed by atoms with Crippen molar-refractivity contribution in [2.75, 3.05) is 25.0 Å². The molecule has 1 N–H and O–H groups in total. The van der Waals surface area contributed by atoms with Gasteiger partial charge in [0.1, 0.15) is 5.82 Å². The molecule has 0 radical (unpaired) electrons. The standard InChI is InChI=1S/C17H31N3/c1-6-9-16-10-15(12-18-8-3)11-17(19-16)20(5)13-14(4)7-2/h10-11,14,18H,6-9,12-13H2,1-5H3. The van der Waals surface area contributed by atoms with Gasteiger partial charge in [0, 0.05) is 25.8 Å². The Bertz CT molecular complexity index is 390. The lowest BCUT2D eigenvalue weighted by atomic mass is 10.1. The third-order valence-corrected chi connectivity index (χ3v) is 3.68. The van der Waals surface area contributed by atoms with E-state index in [0.717, 1.165) is 38.3 Å². The summed E-state index contributed by atoms with van der Waals surface area (Å²) in [5, 5.41) is 3.41. The lowest BCUT2D eigenvalue weighted by Gasteiger charge is -2.23. The fourth-order valence-electron chi connectivity index (χ4n) is 2.27. The molecule has 0 fully saturated rings. The van der Waals surface area contributed by atoms with Gasteiger partial charge in [0.15, 0.2) is 0 Å². The van der Waals surface area contributed by atoms with Crippen molar-refractivity contribution in [2.45, 2.75) is 53.5 Å². The summed E-state index contributed by atoms with van der Waals surface area (Å²) < 4.78 is 0. The highest BCUT2D eigenvalue weighted by atomic mass is 15.2. The molecule has 114 valence electrons. The van der Waals surface area contributed by atoms with Crippen molar-refractivity contribution in [3.8, 4) is 0 Å². The number of aryl methyl sites for hydroxylation is 1. The van der Waals surface area contributed by atoms with E-state index in [9.17, 15) is 0 Å². The molecule has 3 heteroatoms. The van der Waals surface area contributed by atoms with E-state index in [1.807, 2.05) is 0 Å². The first-order valence-electron chi connectivity index (χ1n) is 8.02. The van der Waals surface area contributed by atoms with Gasteiger partial charge in [-0.3, -0.25) is 0 Å². The summed E-state index contributed by atoms with van der Waals surface area (Å²) >= 11 is 0. The minimum absolute atomic E-state index is 0.703. The summed E-state index contributed by atoms with van der Waals surface area (Å²) in [5.41, 5.74) is 2.56. The number of anilines is 1. The van der Waals surface area contributed by atoms with Gasteiger partial charge in [-0.1, -0.05) is 40.5 Å². The van der Waals surface area contributed by atoms with Crippen LogP contribution in [0.5, 0.6) is 0 Å². The molecular weight excluding hydrogens is 246 g/mol. The third kappa shape index (κ3) is 5.49. The van der Waals surface area contributed by atoms with Crippen LogP contribution in [0.4, 0.5) is 5.82 Å². The van der Waals surface area contributed by atoms with Gasteiger partial charge in [0.25, 0.3) is 0 Å². The summed E-state index contributed by atoms with van der Waals surface area (Å²) in [6.45, 7) is 11.9. The molecule has 0 aliphatic rings.